The molecular formula is C17H13F2N5O2. The van der Waals surface area contributed by atoms with Crippen molar-refractivity contribution >= 4 is 11.7 Å². The molecule has 2 aromatic heterocycles. The van der Waals surface area contributed by atoms with E-state index in [1.807, 2.05) is 0 Å². The molecule has 0 bridgehead atoms. The average Bonchev–Trinajstić information content (AvgIpc) is 2.91. The second-order valence-corrected chi connectivity index (χ2v) is 6.01. The van der Waals surface area contributed by atoms with Crippen LogP contribution in [-0.2, 0) is 4.79 Å². The van der Waals surface area contributed by atoms with E-state index in [0.29, 0.717) is 22.9 Å². The third-order valence-electron chi connectivity index (χ3n) is 4.32. The van der Waals surface area contributed by atoms with E-state index in [1.165, 1.54) is 22.9 Å². The Balaban J connectivity index is 1.89. The van der Waals surface area contributed by atoms with Gasteiger partial charge in [0.1, 0.15) is 17.5 Å². The maximum atomic E-state index is 14.3. The number of carbonyl (C=O) groups excluding carboxylic acids is 1. The molecule has 0 spiro atoms. The molecule has 1 aromatic carbocycles. The molecule has 3 aromatic rings. The molecule has 132 valence electrons. The number of halogens is 2. The third kappa shape index (κ3) is 2.57. The van der Waals surface area contributed by atoms with Crippen molar-refractivity contribution < 1.29 is 13.6 Å². The summed E-state index contributed by atoms with van der Waals surface area (Å²) in [6.45, 7) is 1.73. The van der Waals surface area contributed by atoms with Crippen LogP contribution in [0.1, 0.15) is 29.2 Å². The molecule has 1 aliphatic rings. The fraction of sp³-hybridized carbons (Fsp3) is 0.176. The van der Waals surface area contributed by atoms with E-state index < -0.39 is 17.6 Å². The van der Waals surface area contributed by atoms with Crippen molar-refractivity contribution in [3.63, 3.8) is 0 Å². The van der Waals surface area contributed by atoms with Crippen molar-refractivity contribution in [1.29, 1.82) is 0 Å². The number of rotatable bonds is 2. The fourth-order valence-electron chi connectivity index (χ4n) is 3.22. The molecule has 0 saturated carbocycles. The first-order valence-electron chi connectivity index (χ1n) is 7.84. The fourth-order valence-corrected chi connectivity index (χ4v) is 3.22. The SMILES string of the molecule is Cc1nn(-c2ccc(=O)[nH]n2)c2c1C(c1ccc(F)cc1F)CC(=O)N2. The van der Waals surface area contributed by atoms with E-state index in [9.17, 15) is 18.4 Å². The van der Waals surface area contributed by atoms with Gasteiger partial charge in [-0.05, 0) is 24.6 Å². The van der Waals surface area contributed by atoms with Crippen LogP contribution in [0.3, 0.4) is 0 Å². The molecule has 0 aliphatic carbocycles. The summed E-state index contributed by atoms with van der Waals surface area (Å²) in [6.07, 6.45) is 0.0150. The predicted octanol–water partition coefficient (Wildman–Crippen LogP) is 2.02. The zero-order chi connectivity index (χ0) is 18.4. The van der Waals surface area contributed by atoms with Gasteiger partial charge < -0.3 is 5.32 Å². The van der Waals surface area contributed by atoms with E-state index in [1.54, 1.807) is 6.92 Å². The number of nitrogens with zero attached hydrogens (tertiary/aromatic N) is 3. The van der Waals surface area contributed by atoms with E-state index >= 15 is 0 Å². The lowest BCUT2D eigenvalue weighted by molar-refractivity contribution is -0.116. The standard InChI is InChI=1S/C17H13F2N5O2/c1-8-16-11(10-3-2-9(18)6-12(10)19)7-15(26)20-17(16)24(23-8)13-4-5-14(25)22-21-13/h2-6,11H,7H2,1H3,(H,20,26)(H,22,25). The third-order valence-corrected chi connectivity index (χ3v) is 4.32. The van der Waals surface area contributed by atoms with Gasteiger partial charge >= 0.3 is 0 Å². The molecule has 0 fully saturated rings. The number of nitrogens with one attached hydrogen (secondary N) is 2. The first-order valence-corrected chi connectivity index (χ1v) is 7.84. The first-order chi connectivity index (χ1) is 12.4. The summed E-state index contributed by atoms with van der Waals surface area (Å²) in [5.41, 5.74) is 1.05. The number of anilines is 1. The van der Waals surface area contributed by atoms with Crippen LogP contribution in [0.25, 0.3) is 5.82 Å². The summed E-state index contributed by atoms with van der Waals surface area (Å²) in [6, 6.07) is 6.04. The highest BCUT2D eigenvalue weighted by atomic mass is 19.1. The Hall–Kier alpha value is -3.36. The van der Waals surface area contributed by atoms with Crippen LogP contribution in [0.5, 0.6) is 0 Å². The molecular weight excluding hydrogens is 344 g/mol. The Morgan fingerprint density at radius 2 is 2.00 bits per heavy atom. The van der Waals surface area contributed by atoms with Crippen molar-refractivity contribution in [3.8, 4) is 5.82 Å². The summed E-state index contributed by atoms with van der Waals surface area (Å²) >= 11 is 0. The number of aromatic amines is 1. The number of hydrogen-bond acceptors (Lipinski definition) is 4. The Morgan fingerprint density at radius 3 is 2.69 bits per heavy atom. The summed E-state index contributed by atoms with van der Waals surface area (Å²) in [7, 11) is 0. The molecule has 7 nitrogen and oxygen atoms in total. The molecule has 4 rings (SSSR count). The van der Waals surface area contributed by atoms with Gasteiger partial charge in [-0.3, -0.25) is 9.59 Å². The number of H-pyrrole nitrogens is 1. The lowest BCUT2D eigenvalue weighted by Gasteiger charge is -2.24. The summed E-state index contributed by atoms with van der Waals surface area (Å²) in [5, 5.41) is 13.3. The van der Waals surface area contributed by atoms with Gasteiger partial charge in [-0.2, -0.15) is 14.9 Å². The van der Waals surface area contributed by atoms with Crippen molar-refractivity contribution in [2.75, 3.05) is 5.32 Å². The van der Waals surface area contributed by atoms with E-state index in [2.05, 4.69) is 20.6 Å². The van der Waals surface area contributed by atoms with Gasteiger partial charge in [0.25, 0.3) is 5.56 Å². The number of hydrogen-bond donors (Lipinski definition) is 2. The maximum Gasteiger partial charge on any atom is 0.264 e. The van der Waals surface area contributed by atoms with Crippen molar-refractivity contribution in [2.45, 2.75) is 19.3 Å². The van der Waals surface area contributed by atoms with Crippen LogP contribution in [-0.4, -0.2) is 25.9 Å². The maximum absolute atomic E-state index is 14.3. The number of benzene rings is 1. The monoisotopic (exact) mass is 357 g/mol. The van der Waals surface area contributed by atoms with Crippen molar-refractivity contribution in [1.82, 2.24) is 20.0 Å². The van der Waals surface area contributed by atoms with Crippen LogP contribution in [0.15, 0.2) is 35.1 Å². The van der Waals surface area contributed by atoms with Gasteiger partial charge in [0.05, 0.1) is 5.69 Å². The molecule has 1 amide bonds. The number of carbonyl (C=O) groups is 1. The molecule has 0 radical (unpaired) electrons. The Bertz CT molecular complexity index is 1070. The highest BCUT2D eigenvalue weighted by Gasteiger charge is 2.34. The van der Waals surface area contributed by atoms with E-state index in [0.717, 1.165) is 12.1 Å². The molecule has 26 heavy (non-hydrogen) atoms. The quantitative estimate of drug-likeness (QED) is 0.734. The molecule has 3 heterocycles. The zero-order valence-electron chi connectivity index (χ0n) is 13.6. The van der Waals surface area contributed by atoms with E-state index in [4.69, 9.17) is 0 Å². The average molecular weight is 357 g/mol. The normalized spacial score (nSPS) is 16.3. The molecule has 9 heteroatoms. The van der Waals surface area contributed by atoms with Crippen molar-refractivity contribution in [3.05, 3.63) is 69.1 Å². The predicted molar refractivity (Wildman–Crippen MR) is 88.2 cm³/mol. The minimum absolute atomic E-state index is 0.0150. The van der Waals surface area contributed by atoms with Crippen LogP contribution in [0.2, 0.25) is 0 Å². The Labute approximate surface area is 145 Å². The lowest BCUT2D eigenvalue weighted by atomic mass is 9.85. The number of fused-ring (bicyclic) bond motifs is 1. The highest BCUT2D eigenvalue weighted by molar-refractivity contribution is 5.95. The topological polar surface area (TPSA) is 92.7 Å². The van der Waals surface area contributed by atoms with Crippen LogP contribution in [0, 0.1) is 18.6 Å². The summed E-state index contributed by atoms with van der Waals surface area (Å²) in [5.74, 6) is -1.67. The van der Waals surface area contributed by atoms with Gasteiger partial charge in [0.15, 0.2) is 5.82 Å². The number of amides is 1. The molecule has 0 saturated heterocycles. The zero-order valence-corrected chi connectivity index (χ0v) is 13.6. The van der Waals surface area contributed by atoms with Gasteiger partial charge in [0, 0.05) is 30.0 Å². The molecule has 1 atom stereocenters. The van der Waals surface area contributed by atoms with Gasteiger partial charge in [0.2, 0.25) is 5.91 Å². The Morgan fingerprint density at radius 1 is 1.19 bits per heavy atom. The van der Waals surface area contributed by atoms with Crippen LogP contribution >= 0.6 is 0 Å². The number of aryl methyl sites for hydroxylation is 1. The molecule has 2 N–H and O–H groups in total. The summed E-state index contributed by atoms with van der Waals surface area (Å²) in [4.78, 5) is 23.4. The van der Waals surface area contributed by atoms with Gasteiger partial charge in [-0.15, -0.1) is 0 Å². The van der Waals surface area contributed by atoms with Crippen LogP contribution in [0.4, 0.5) is 14.6 Å². The smallest absolute Gasteiger partial charge is 0.264 e. The van der Waals surface area contributed by atoms with Gasteiger partial charge in [-0.25, -0.2) is 13.9 Å². The second kappa shape index (κ2) is 5.87. The largest absolute Gasteiger partial charge is 0.310 e. The van der Waals surface area contributed by atoms with Gasteiger partial charge in [-0.1, -0.05) is 6.07 Å². The van der Waals surface area contributed by atoms with Crippen LogP contribution < -0.4 is 10.9 Å². The number of aromatic nitrogens is 4. The Kier molecular flexibility index (Phi) is 3.64. The summed E-state index contributed by atoms with van der Waals surface area (Å²) < 4.78 is 28.9. The van der Waals surface area contributed by atoms with Crippen molar-refractivity contribution in [2.24, 2.45) is 0 Å². The van der Waals surface area contributed by atoms with E-state index in [-0.39, 0.29) is 23.5 Å². The molecule has 1 aliphatic heterocycles. The molecule has 1 unspecified atom stereocenters. The lowest BCUT2D eigenvalue weighted by Crippen LogP contribution is -2.25. The highest BCUT2D eigenvalue weighted by Crippen LogP contribution is 2.40. The minimum atomic E-state index is -0.718. The second-order valence-electron chi connectivity index (χ2n) is 6.01. The minimum Gasteiger partial charge on any atom is -0.310 e. The first kappa shape index (κ1) is 16.1.